The van der Waals surface area contributed by atoms with Gasteiger partial charge in [-0.2, -0.15) is 0 Å². The van der Waals surface area contributed by atoms with Crippen LogP contribution in [0.5, 0.6) is 0 Å². The van der Waals surface area contributed by atoms with E-state index >= 15 is 0 Å². The standard InChI is InChI=1S/C31H42FN3O4/c32-21-7-14-28-27(19-21)31(20-34(28)29(36)38-25-3-1-4-25)15-17-33(18-16-31)22-8-10-23-12-13-24(11-9-22)35(23)30(37)39-26-5-2-6-26/h7,14,19,22-26H,1-6,8-13,15-18,20H2. The molecule has 0 radical (unpaired) electrons. The number of rotatable bonds is 3. The van der Waals surface area contributed by atoms with Gasteiger partial charge in [0, 0.05) is 30.1 Å². The average molecular weight is 540 g/mol. The Balaban J connectivity index is 1.000. The molecule has 212 valence electrons. The highest BCUT2D eigenvalue weighted by molar-refractivity contribution is 5.91. The van der Waals surface area contributed by atoms with Crippen LogP contribution in [0.1, 0.15) is 95.5 Å². The molecule has 5 fully saturated rings. The van der Waals surface area contributed by atoms with E-state index in [0.717, 1.165) is 108 Å². The lowest BCUT2D eigenvalue weighted by Gasteiger charge is -2.44. The van der Waals surface area contributed by atoms with Crippen LogP contribution in [0.15, 0.2) is 18.2 Å². The summed E-state index contributed by atoms with van der Waals surface area (Å²) in [4.78, 5) is 32.6. The lowest BCUT2D eigenvalue weighted by Crippen LogP contribution is -2.51. The number of benzene rings is 1. The lowest BCUT2D eigenvalue weighted by atomic mass is 9.73. The maximum Gasteiger partial charge on any atom is 0.414 e. The number of carbonyl (C=O) groups is 2. The van der Waals surface area contributed by atoms with Gasteiger partial charge in [-0.15, -0.1) is 0 Å². The minimum Gasteiger partial charge on any atom is -0.446 e. The molecular weight excluding hydrogens is 497 g/mol. The number of piperidine rings is 1. The second-order valence-corrected chi connectivity index (χ2v) is 13.0. The number of nitrogens with zero attached hydrogens (tertiary/aromatic N) is 3. The molecule has 2 saturated carbocycles. The molecule has 7 nitrogen and oxygen atoms in total. The molecule has 1 spiro atoms. The van der Waals surface area contributed by atoms with Gasteiger partial charge >= 0.3 is 12.2 Å². The molecule has 0 N–H and O–H groups in total. The minimum atomic E-state index is -0.275. The highest BCUT2D eigenvalue weighted by atomic mass is 19.1. The van der Waals surface area contributed by atoms with Crippen LogP contribution in [0.2, 0.25) is 0 Å². The fourth-order valence-corrected chi connectivity index (χ4v) is 8.04. The molecule has 6 aliphatic rings. The third-order valence-electron chi connectivity index (χ3n) is 10.9. The first kappa shape index (κ1) is 25.6. The summed E-state index contributed by atoms with van der Waals surface area (Å²) in [6, 6.07) is 6.02. The first-order valence-electron chi connectivity index (χ1n) is 15.5. The Kier molecular flexibility index (Phi) is 6.72. The number of hydrogen-bond donors (Lipinski definition) is 0. The number of halogens is 1. The van der Waals surface area contributed by atoms with Crippen molar-refractivity contribution in [2.75, 3.05) is 24.5 Å². The summed E-state index contributed by atoms with van der Waals surface area (Å²) >= 11 is 0. The third-order valence-corrected chi connectivity index (χ3v) is 10.9. The van der Waals surface area contributed by atoms with Crippen LogP contribution in [0, 0.1) is 5.82 Å². The van der Waals surface area contributed by atoms with Gasteiger partial charge in [0.2, 0.25) is 0 Å². The average Bonchev–Trinajstić information content (AvgIpc) is 3.45. The number of ether oxygens (including phenoxy) is 2. The van der Waals surface area contributed by atoms with E-state index in [9.17, 15) is 14.0 Å². The van der Waals surface area contributed by atoms with Crippen molar-refractivity contribution >= 4 is 17.9 Å². The van der Waals surface area contributed by atoms with Crippen molar-refractivity contribution in [3.05, 3.63) is 29.6 Å². The molecule has 0 aromatic heterocycles. The summed E-state index contributed by atoms with van der Waals surface area (Å²) in [5.74, 6) is -0.236. The number of anilines is 1. The minimum absolute atomic E-state index is 0.0328. The van der Waals surface area contributed by atoms with E-state index in [0.29, 0.717) is 24.7 Å². The van der Waals surface area contributed by atoms with Gasteiger partial charge in [-0.25, -0.2) is 14.0 Å². The maximum absolute atomic E-state index is 14.4. The number of carbonyl (C=O) groups excluding carboxylic acids is 2. The predicted octanol–water partition coefficient (Wildman–Crippen LogP) is 6.13. The second kappa shape index (κ2) is 10.2. The topological polar surface area (TPSA) is 62.3 Å². The van der Waals surface area contributed by atoms with Crippen LogP contribution >= 0.6 is 0 Å². The summed E-state index contributed by atoms with van der Waals surface area (Å²) in [5.41, 5.74) is 1.59. The smallest absolute Gasteiger partial charge is 0.414 e. The maximum atomic E-state index is 14.4. The van der Waals surface area contributed by atoms with E-state index in [2.05, 4.69) is 9.80 Å². The van der Waals surface area contributed by atoms with Crippen molar-refractivity contribution in [3.8, 4) is 0 Å². The summed E-state index contributed by atoms with van der Waals surface area (Å²) in [5, 5.41) is 0. The Morgan fingerprint density at radius 1 is 0.769 bits per heavy atom. The quantitative estimate of drug-likeness (QED) is 0.462. The molecule has 2 atom stereocenters. The molecule has 2 unspecified atom stereocenters. The molecule has 2 aliphatic carbocycles. The zero-order valence-electron chi connectivity index (χ0n) is 23.0. The van der Waals surface area contributed by atoms with Gasteiger partial charge in [-0.3, -0.25) is 4.90 Å². The molecule has 2 bridgehead atoms. The van der Waals surface area contributed by atoms with E-state index in [-0.39, 0.29) is 35.6 Å². The summed E-state index contributed by atoms with van der Waals surface area (Å²) in [7, 11) is 0. The van der Waals surface area contributed by atoms with Crippen molar-refractivity contribution in [1.82, 2.24) is 9.80 Å². The van der Waals surface area contributed by atoms with Crippen molar-refractivity contribution in [2.24, 2.45) is 0 Å². The molecule has 3 saturated heterocycles. The predicted molar refractivity (Wildman–Crippen MR) is 145 cm³/mol. The summed E-state index contributed by atoms with van der Waals surface area (Å²) in [6.45, 7) is 2.49. The Morgan fingerprint density at radius 2 is 1.33 bits per heavy atom. The number of amides is 2. The molecular formula is C31H42FN3O4. The van der Waals surface area contributed by atoms with E-state index < -0.39 is 0 Å². The highest BCUT2D eigenvalue weighted by Crippen LogP contribution is 2.48. The van der Waals surface area contributed by atoms with Gasteiger partial charge in [0.15, 0.2) is 0 Å². The molecule has 1 aromatic carbocycles. The molecule has 4 heterocycles. The van der Waals surface area contributed by atoms with Gasteiger partial charge in [0.05, 0.1) is 5.69 Å². The summed E-state index contributed by atoms with van der Waals surface area (Å²) < 4.78 is 26.0. The third kappa shape index (κ3) is 4.70. The van der Waals surface area contributed by atoms with Crippen LogP contribution in [0.4, 0.5) is 19.7 Å². The monoisotopic (exact) mass is 539 g/mol. The Labute approximate surface area is 231 Å². The Morgan fingerprint density at radius 3 is 1.90 bits per heavy atom. The fraction of sp³-hybridized carbons (Fsp3) is 0.742. The number of fused-ring (bicyclic) bond motifs is 4. The molecule has 8 heteroatoms. The zero-order chi connectivity index (χ0) is 26.6. The van der Waals surface area contributed by atoms with Gasteiger partial charge in [-0.05, 0) is 127 Å². The molecule has 1 aromatic rings. The van der Waals surface area contributed by atoms with Crippen LogP contribution in [-0.4, -0.2) is 72.0 Å². The van der Waals surface area contributed by atoms with Crippen LogP contribution in [0.25, 0.3) is 0 Å². The van der Waals surface area contributed by atoms with Gasteiger partial charge in [0.1, 0.15) is 18.0 Å². The Bertz CT molecular complexity index is 1080. The van der Waals surface area contributed by atoms with Gasteiger partial charge < -0.3 is 19.3 Å². The highest BCUT2D eigenvalue weighted by Gasteiger charge is 2.49. The number of likely N-dealkylation sites (tertiary alicyclic amines) is 1. The fourth-order valence-electron chi connectivity index (χ4n) is 8.04. The molecule has 39 heavy (non-hydrogen) atoms. The Hall–Kier alpha value is -2.35. The SMILES string of the molecule is O=C(OC1CCC1)N1CC2(CCN(C3CCC4CCC(CC3)N4C(=O)OC3CCC3)CC2)c2cc(F)ccc21. The van der Waals surface area contributed by atoms with E-state index in [1.54, 1.807) is 17.0 Å². The zero-order valence-corrected chi connectivity index (χ0v) is 23.0. The van der Waals surface area contributed by atoms with Gasteiger partial charge in [-0.1, -0.05) is 0 Å². The van der Waals surface area contributed by atoms with Crippen LogP contribution < -0.4 is 4.90 Å². The van der Waals surface area contributed by atoms with Crippen molar-refractivity contribution < 1.29 is 23.5 Å². The normalized spacial score (nSPS) is 30.7. The van der Waals surface area contributed by atoms with E-state index in [1.165, 1.54) is 12.5 Å². The van der Waals surface area contributed by atoms with E-state index in [1.807, 2.05) is 0 Å². The van der Waals surface area contributed by atoms with Crippen LogP contribution in [-0.2, 0) is 14.9 Å². The van der Waals surface area contributed by atoms with Crippen molar-refractivity contribution in [3.63, 3.8) is 0 Å². The first-order chi connectivity index (χ1) is 19.0. The molecule has 7 rings (SSSR count). The molecule has 2 amide bonds. The molecule has 4 aliphatic heterocycles. The lowest BCUT2D eigenvalue weighted by molar-refractivity contribution is 0.00962. The first-order valence-corrected chi connectivity index (χ1v) is 15.5. The van der Waals surface area contributed by atoms with Crippen molar-refractivity contribution in [1.29, 1.82) is 0 Å². The van der Waals surface area contributed by atoms with E-state index in [4.69, 9.17) is 9.47 Å². The van der Waals surface area contributed by atoms with Crippen LogP contribution in [0.3, 0.4) is 0 Å². The van der Waals surface area contributed by atoms with Gasteiger partial charge in [0.25, 0.3) is 0 Å². The summed E-state index contributed by atoms with van der Waals surface area (Å²) in [6.07, 6.45) is 14.3. The van der Waals surface area contributed by atoms with Crippen molar-refractivity contribution in [2.45, 2.75) is 126 Å². The number of hydrogen-bond acceptors (Lipinski definition) is 5. The second-order valence-electron chi connectivity index (χ2n) is 13.0. The largest absolute Gasteiger partial charge is 0.446 e.